The van der Waals surface area contributed by atoms with E-state index in [2.05, 4.69) is 10.3 Å². The zero-order chi connectivity index (χ0) is 22.0. The highest BCUT2D eigenvalue weighted by Gasteiger charge is 2.17. The van der Waals surface area contributed by atoms with Crippen molar-refractivity contribution in [2.75, 3.05) is 5.32 Å². The van der Waals surface area contributed by atoms with Crippen molar-refractivity contribution < 1.29 is 14.0 Å². The molecular weight excluding hydrogens is 397 g/mol. The van der Waals surface area contributed by atoms with Crippen molar-refractivity contribution in [1.82, 2.24) is 9.55 Å². The number of hydrogen-bond donors (Lipinski definition) is 1. The number of aromatic nitrogens is 2. The number of pyridine rings is 2. The number of nitrogens with zero attached hydrogens (tertiary/aromatic N) is 2. The number of amides is 1. The lowest BCUT2D eigenvalue weighted by molar-refractivity contribution is 0.101. The number of rotatable bonds is 5. The summed E-state index contributed by atoms with van der Waals surface area (Å²) in [6, 6.07) is 17.2. The van der Waals surface area contributed by atoms with Gasteiger partial charge in [-0.25, -0.2) is 9.37 Å². The Bertz CT molecular complexity index is 1340. The molecule has 7 heteroatoms. The van der Waals surface area contributed by atoms with Gasteiger partial charge < -0.3 is 5.32 Å². The Balaban J connectivity index is 1.73. The monoisotopic (exact) mass is 415 g/mol. The molecule has 1 amide bonds. The van der Waals surface area contributed by atoms with Gasteiger partial charge in [-0.15, -0.1) is 0 Å². The molecule has 0 atom stereocenters. The SMILES string of the molecule is CC(=O)c1ccc(NC(=O)c2cc3cccnc3n(Cc3ccc(F)cc3)c2=O)cc1. The fourth-order valence-corrected chi connectivity index (χ4v) is 3.27. The molecule has 0 aliphatic rings. The topological polar surface area (TPSA) is 81.1 Å². The van der Waals surface area contributed by atoms with E-state index in [1.807, 2.05) is 0 Å². The van der Waals surface area contributed by atoms with Crippen molar-refractivity contribution in [3.63, 3.8) is 0 Å². The molecule has 0 fully saturated rings. The molecule has 0 aliphatic carbocycles. The van der Waals surface area contributed by atoms with Gasteiger partial charge in [0.05, 0.1) is 6.54 Å². The second kappa shape index (κ2) is 8.31. The first-order chi connectivity index (χ1) is 14.9. The van der Waals surface area contributed by atoms with E-state index in [1.165, 1.54) is 29.7 Å². The maximum atomic E-state index is 13.3. The minimum atomic E-state index is -0.570. The summed E-state index contributed by atoms with van der Waals surface area (Å²) >= 11 is 0. The maximum absolute atomic E-state index is 13.3. The Hall–Kier alpha value is -4.13. The molecule has 0 bridgehead atoms. The first kappa shape index (κ1) is 20.2. The van der Waals surface area contributed by atoms with Crippen LogP contribution >= 0.6 is 0 Å². The third-order valence-electron chi connectivity index (χ3n) is 4.90. The highest BCUT2D eigenvalue weighted by atomic mass is 19.1. The number of carbonyl (C=O) groups excluding carboxylic acids is 2. The summed E-state index contributed by atoms with van der Waals surface area (Å²) in [6.07, 6.45) is 1.57. The van der Waals surface area contributed by atoms with Gasteiger partial charge in [-0.1, -0.05) is 12.1 Å². The largest absolute Gasteiger partial charge is 0.322 e. The highest BCUT2D eigenvalue weighted by molar-refractivity contribution is 6.06. The van der Waals surface area contributed by atoms with E-state index in [1.54, 1.807) is 54.7 Å². The summed E-state index contributed by atoms with van der Waals surface area (Å²) in [5.41, 5.74) is 1.57. The van der Waals surface area contributed by atoms with Gasteiger partial charge in [0.1, 0.15) is 17.0 Å². The predicted molar refractivity (Wildman–Crippen MR) is 116 cm³/mol. The zero-order valence-corrected chi connectivity index (χ0v) is 16.6. The van der Waals surface area contributed by atoms with Crippen molar-refractivity contribution >= 4 is 28.4 Å². The average molecular weight is 415 g/mol. The summed E-state index contributed by atoms with van der Waals surface area (Å²) in [5, 5.41) is 3.32. The van der Waals surface area contributed by atoms with Gasteiger partial charge in [-0.05, 0) is 67.1 Å². The van der Waals surface area contributed by atoms with E-state index in [4.69, 9.17) is 0 Å². The normalized spacial score (nSPS) is 10.8. The minimum absolute atomic E-state index is 0.0433. The van der Waals surface area contributed by atoms with Gasteiger partial charge in [-0.3, -0.25) is 19.0 Å². The molecular formula is C24H18FN3O3. The molecule has 4 rings (SSSR count). The maximum Gasteiger partial charge on any atom is 0.265 e. The third kappa shape index (κ3) is 4.25. The van der Waals surface area contributed by atoms with Crippen LogP contribution in [0.5, 0.6) is 0 Å². The van der Waals surface area contributed by atoms with Crippen LogP contribution in [0, 0.1) is 5.82 Å². The van der Waals surface area contributed by atoms with Crippen molar-refractivity contribution in [2.45, 2.75) is 13.5 Å². The summed E-state index contributed by atoms with van der Waals surface area (Å²) in [5.74, 6) is -1.02. The lowest BCUT2D eigenvalue weighted by Crippen LogP contribution is -2.30. The van der Waals surface area contributed by atoms with Gasteiger partial charge in [0, 0.05) is 22.8 Å². The number of halogens is 1. The summed E-state index contributed by atoms with van der Waals surface area (Å²) < 4.78 is 14.7. The number of anilines is 1. The molecule has 154 valence electrons. The quantitative estimate of drug-likeness (QED) is 0.499. The fourth-order valence-electron chi connectivity index (χ4n) is 3.27. The number of carbonyl (C=O) groups is 2. The molecule has 0 aliphatic heterocycles. The minimum Gasteiger partial charge on any atom is -0.322 e. The van der Waals surface area contributed by atoms with Crippen LogP contribution < -0.4 is 10.9 Å². The average Bonchev–Trinajstić information content (AvgIpc) is 2.77. The van der Waals surface area contributed by atoms with Crippen LogP contribution in [0.1, 0.15) is 33.2 Å². The van der Waals surface area contributed by atoms with Crippen LogP contribution in [0.3, 0.4) is 0 Å². The smallest absolute Gasteiger partial charge is 0.265 e. The molecule has 0 spiro atoms. The van der Waals surface area contributed by atoms with Crippen LogP contribution in [0.25, 0.3) is 11.0 Å². The molecule has 2 heterocycles. The van der Waals surface area contributed by atoms with Crippen LogP contribution in [0.4, 0.5) is 10.1 Å². The Morgan fingerprint density at radius 2 is 1.74 bits per heavy atom. The van der Waals surface area contributed by atoms with E-state index in [-0.39, 0.29) is 23.7 Å². The molecule has 6 nitrogen and oxygen atoms in total. The Morgan fingerprint density at radius 3 is 2.42 bits per heavy atom. The molecule has 4 aromatic rings. The van der Waals surface area contributed by atoms with E-state index in [0.717, 1.165) is 0 Å². The van der Waals surface area contributed by atoms with E-state index >= 15 is 0 Å². The molecule has 0 saturated carbocycles. The summed E-state index contributed by atoms with van der Waals surface area (Å²) in [7, 11) is 0. The van der Waals surface area contributed by atoms with Crippen molar-refractivity contribution in [2.24, 2.45) is 0 Å². The zero-order valence-electron chi connectivity index (χ0n) is 16.6. The van der Waals surface area contributed by atoms with Gasteiger partial charge in [0.15, 0.2) is 5.78 Å². The Kier molecular flexibility index (Phi) is 5.41. The number of ketones is 1. The molecule has 1 N–H and O–H groups in total. The molecule has 2 aromatic heterocycles. The number of nitrogens with one attached hydrogen (secondary N) is 1. The lowest BCUT2D eigenvalue weighted by Gasteiger charge is -2.13. The first-order valence-corrected chi connectivity index (χ1v) is 9.58. The third-order valence-corrected chi connectivity index (χ3v) is 4.90. The lowest BCUT2D eigenvalue weighted by atomic mass is 10.1. The van der Waals surface area contributed by atoms with Crippen LogP contribution in [-0.4, -0.2) is 21.2 Å². The van der Waals surface area contributed by atoms with Crippen LogP contribution in [0.15, 0.2) is 77.7 Å². The molecule has 2 aromatic carbocycles. The van der Waals surface area contributed by atoms with Crippen molar-refractivity contribution in [3.8, 4) is 0 Å². The van der Waals surface area contributed by atoms with E-state index in [9.17, 15) is 18.8 Å². The van der Waals surface area contributed by atoms with E-state index in [0.29, 0.717) is 27.8 Å². The Labute approximate surface area is 177 Å². The van der Waals surface area contributed by atoms with Crippen molar-refractivity contribution in [3.05, 3.63) is 106 Å². The van der Waals surface area contributed by atoms with Gasteiger partial charge in [0.2, 0.25) is 0 Å². The van der Waals surface area contributed by atoms with Crippen LogP contribution in [0.2, 0.25) is 0 Å². The van der Waals surface area contributed by atoms with Gasteiger partial charge >= 0.3 is 0 Å². The predicted octanol–water partition coefficient (Wildman–Crippen LogP) is 4.04. The second-order valence-corrected chi connectivity index (χ2v) is 7.08. The first-order valence-electron chi connectivity index (χ1n) is 9.58. The van der Waals surface area contributed by atoms with E-state index < -0.39 is 11.5 Å². The molecule has 31 heavy (non-hydrogen) atoms. The Morgan fingerprint density at radius 1 is 1.03 bits per heavy atom. The summed E-state index contributed by atoms with van der Waals surface area (Å²) in [6.45, 7) is 1.60. The highest BCUT2D eigenvalue weighted by Crippen LogP contribution is 2.16. The standard InChI is InChI=1S/C24H18FN3O3/c1-15(29)17-6-10-20(11-7-17)27-23(30)21-13-18-3-2-12-26-22(18)28(24(21)31)14-16-4-8-19(25)9-5-16/h2-13H,14H2,1H3,(H,27,30). The van der Waals surface area contributed by atoms with Crippen LogP contribution in [-0.2, 0) is 6.54 Å². The number of benzene rings is 2. The number of hydrogen-bond acceptors (Lipinski definition) is 4. The molecule has 0 unspecified atom stereocenters. The van der Waals surface area contributed by atoms with Gasteiger partial charge in [0.25, 0.3) is 11.5 Å². The van der Waals surface area contributed by atoms with Crippen molar-refractivity contribution in [1.29, 1.82) is 0 Å². The molecule has 0 saturated heterocycles. The number of fused-ring (bicyclic) bond motifs is 1. The van der Waals surface area contributed by atoms with Gasteiger partial charge in [-0.2, -0.15) is 0 Å². The molecule has 0 radical (unpaired) electrons. The second-order valence-electron chi connectivity index (χ2n) is 7.08. The summed E-state index contributed by atoms with van der Waals surface area (Å²) in [4.78, 5) is 41.8. The number of Topliss-reactive ketones (excluding diaryl/α,β-unsaturated/α-hetero) is 1. The fraction of sp³-hybridized carbons (Fsp3) is 0.0833.